The van der Waals surface area contributed by atoms with Crippen LogP contribution < -0.4 is 5.32 Å². The molecule has 0 saturated heterocycles. The van der Waals surface area contributed by atoms with Crippen molar-refractivity contribution >= 4 is 17.5 Å². The number of nitrogens with one attached hydrogen (secondary N) is 1. The summed E-state index contributed by atoms with van der Waals surface area (Å²) in [5, 5.41) is 22.3. The number of benzene rings is 1. The van der Waals surface area contributed by atoms with Crippen molar-refractivity contribution in [2.75, 3.05) is 6.54 Å². The summed E-state index contributed by atoms with van der Waals surface area (Å²) >= 11 is 5.75. The molecule has 0 unspecified atom stereocenters. The molecule has 0 aromatic heterocycles. The molecular formula is C12H14ClNO3. The number of carbonyl (C=O) groups is 1. The van der Waals surface area contributed by atoms with Crippen LogP contribution in [0.2, 0.25) is 5.02 Å². The summed E-state index contributed by atoms with van der Waals surface area (Å²) in [6.45, 7) is 0.206. The number of hydrogen-bond acceptors (Lipinski definition) is 3. The molecule has 5 heteroatoms. The Morgan fingerprint density at radius 3 is 2.76 bits per heavy atom. The zero-order valence-electron chi connectivity index (χ0n) is 9.24. The van der Waals surface area contributed by atoms with E-state index in [1.807, 2.05) is 0 Å². The van der Waals surface area contributed by atoms with E-state index in [9.17, 15) is 15.0 Å². The van der Waals surface area contributed by atoms with Crippen molar-refractivity contribution in [3.8, 4) is 5.75 Å². The van der Waals surface area contributed by atoms with E-state index in [0.29, 0.717) is 17.9 Å². The van der Waals surface area contributed by atoms with Gasteiger partial charge in [-0.05, 0) is 37.5 Å². The molecule has 1 aliphatic carbocycles. The first-order chi connectivity index (χ1) is 8.00. The molecule has 2 rings (SSSR count). The highest BCUT2D eigenvalue weighted by molar-refractivity contribution is 6.31. The lowest BCUT2D eigenvalue weighted by Gasteiger charge is -2.36. The second-order valence-corrected chi connectivity index (χ2v) is 4.86. The maximum absolute atomic E-state index is 11.8. The quantitative estimate of drug-likeness (QED) is 0.770. The molecule has 0 bridgehead atoms. The van der Waals surface area contributed by atoms with Crippen LogP contribution in [0.3, 0.4) is 0 Å². The number of phenols is 1. The Kier molecular flexibility index (Phi) is 3.26. The van der Waals surface area contributed by atoms with Crippen LogP contribution in [0.1, 0.15) is 29.6 Å². The number of phenolic OH excluding ortho intramolecular Hbond substituents is 1. The minimum atomic E-state index is -0.774. The van der Waals surface area contributed by atoms with Crippen molar-refractivity contribution in [1.82, 2.24) is 5.32 Å². The normalized spacial score (nSPS) is 17.3. The van der Waals surface area contributed by atoms with Crippen molar-refractivity contribution in [1.29, 1.82) is 0 Å². The fourth-order valence-electron chi connectivity index (χ4n) is 1.79. The first-order valence-electron chi connectivity index (χ1n) is 5.49. The molecule has 1 aliphatic rings. The van der Waals surface area contributed by atoms with Gasteiger partial charge in [0, 0.05) is 11.6 Å². The second-order valence-electron chi connectivity index (χ2n) is 4.42. The Morgan fingerprint density at radius 1 is 1.47 bits per heavy atom. The van der Waals surface area contributed by atoms with Gasteiger partial charge >= 0.3 is 0 Å². The zero-order valence-corrected chi connectivity index (χ0v) is 10.00. The molecule has 1 saturated carbocycles. The summed E-state index contributed by atoms with van der Waals surface area (Å²) < 4.78 is 0. The molecule has 1 aromatic carbocycles. The number of aromatic hydroxyl groups is 1. The molecule has 1 fully saturated rings. The van der Waals surface area contributed by atoms with Crippen LogP contribution in [0.5, 0.6) is 5.75 Å². The van der Waals surface area contributed by atoms with Crippen LogP contribution >= 0.6 is 11.6 Å². The lowest BCUT2D eigenvalue weighted by atomic mass is 9.80. The van der Waals surface area contributed by atoms with Gasteiger partial charge in [0.15, 0.2) is 0 Å². The Bertz CT molecular complexity index is 443. The van der Waals surface area contributed by atoms with E-state index >= 15 is 0 Å². The van der Waals surface area contributed by atoms with Crippen molar-refractivity contribution in [3.05, 3.63) is 28.8 Å². The highest BCUT2D eigenvalue weighted by Gasteiger charge is 2.34. The van der Waals surface area contributed by atoms with Gasteiger partial charge in [0.05, 0.1) is 11.2 Å². The van der Waals surface area contributed by atoms with E-state index in [-0.39, 0.29) is 17.9 Å². The van der Waals surface area contributed by atoms with E-state index in [2.05, 4.69) is 5.32 Å². The average Bonchev–Trinajstić information content (AvgIpc) is 2.26. The third-order valence-corrected chi connectivity index (χ3v) is 3.30. The summed E-state index contributed by atoms with van der Waals surface area (Å²) in [5.74, 6) is -0.544. The van der Waals surface area contributed by atoms with Gasteiger partial charge in [0.25, 0.3) is 5.91 Å². The van der Waals surface area contributed by atoms with Crippen molar-refractivity contribution in [3.63, 3.8) is 0 Å². The average molecular weight is 256 g/mol. The fourth-order valence-corrected chi connectivity index (χ4v) is 1.96. The molecular weight excluding hydrogens is 242 g/mol. The van der Waals surface area contributed by atoms with Crippen LogP contribution in [-0.4, -0.2) is 28.3 Å². The first-order valence-corrected chi connectivity index (χ1v) is 5.87. The fraction of sp³-hybridized carbons (Fsp3) is 0.417. The maximum atomic E-state index is 11.8. The summed E-state index contributed by atoms with van der Waals surface area (Å²) in [7, 11) is 0. The standard InChI is InChI=1S/C12H14ClNO3/c13-8-2-3-10(15)9(6-8)11(16)14-7-12(17)4-1-5-12/h2-3,6,15,17H,1,4-5,7H2,(H,14,16). The van der Waals surface area contributed by atoms with Crippen molar-refractivity contribution in [2.24, 2.45) is 0 Å². The van der Waals surface area contributed by atoms with Gasteiger partial charge in [-0.3, -0.25) is 4.79 Å². The number of aliphatic hydroxyl groups is 1. The van der Waals surface area contributed by atoms with Gasteiger partial charge in [-0.1, -0.05) is 11.6 Å². The Morgan fingerprint density at radius 2 is 2.18 bits per heavy atom. The number of carbonyl (C=O) groups excluding carboxylic acids is 1. The maximum Gasteiger partial charge on any atom is 0.255 e. The number of amides is 1. The molecule has 1 amide bonds. The lowest BCUT2D eigenvalue weighted by molar-refractivity contribution is -0.0300. The van der Waals surface area contributed by atoms with E-state index < -0.39 is 11.5 Å². The summed E-state index contributed by atoms with van der Waals surface area (Å²) in [6.07, 6.45) is 2.39. The monoisotopic (exact) mass is 255 g/mol. The van der Waals surface area contributed by atoms with Crippen LogP contribution in [0.25, 0.3) is 0 Å². The van der Waals surface area contributed by atoms with Crippen molar-refractivity contribution in [2.45, 2.75) is 24.9 Å². The Labute approximate surface area is 104 Å². The molecule has 92 valence electrons. The highest BCUT2D eigenvalue weighted by Crippen LogP contribution is 2.30. The lowest BCUT2D eigenvalue weighted by Crippen LogP contribution is -2.47. The Balaban J connectivity index is 2.01. The predicted molar refractivity (Wildman–Crippen MR) is 64.3 cm³/mol. The van der Waals surface area contributed by atoms with Crippen molar-refractivity contribution < 1.29 is 15.0 Å². The highest BCUT2D eigenvalue weighted by atomic mass is 35.5. The minimum Gasteiger partial charge on any atom is -0.507 e. The summed E-state index contributed by atoms with van der Waals surface area (Å²) in [4.78, 5) is 11.8. The topological polar surface area (TPSA) is 69.6 Å². The van der Waals surface area contributed by atoms with Gasteiger partial charge in [-0.25, -0.2) is 0 Å². The van der Waals surface area contributed by atoms with E-state index in [0.717, 1.165) is 6.42 Å². The molecule has 0 atom stereocenters. The molecule has 1 aromatic rings. The number of rotatable bonds is 3. The molecule has 17 heavy (non-hydrogen) atoms. The molecule has 0 spiro atoms. The van der Waals surface area contributed by atoms with Crippen LogP contribution in [0, 0.1) is 0 Å². The van der Waals surface area contributed by atoms with Crippen LogP contribution in [0.4, 0.5) is 0 Å². The number of hydrogen-bond donors (Lipinski definition) is 3. The van der Waals surface area contributed by atoms with Crippen LogP contribution in [0.15, 0.2) is 18.2 Å². The molecule has 3 N–H and O–H groups in total. The Hall–Kier alpha value is -1.26. The molecule has 0 aliphatic heterocycles. The largest absolute Gasteiger partial charge is 0.507 e. The van der Waals surface area contributed by atoms with E-state index in [1.165, 1.54) is 18.2 Å². The molecule has 4 nitrogen and oxygen atoms in total. The van der Waals surface area contributed by atoms with Gasteiger partial charge in [-0.2, -0.15) is 0 Å². The smallest absolute Gasteiger partial charge is 0.255 e. The zero-order chi connectivity index (χ0) is 12.5. The predicted octanol–water partition coefficient (Wildman–Crippen LogP) is 1.69. The second kappa shape index (κ2) is 4.55. The van der Waals surface area contributed by atoms with E-state index in [4.69, 9.17) is 11.6 Å². The van der Waals surface area contributed by atoms with Gasteiger partial charge in [-0.15, -0.1) is 0 Å². The van der Waals surface area contributed by atoms with Crippen LogP contribution in [-0.2, 0) is 0 Å². The van der Waals surface area contributed by atoms with Gasteiger partial charge in [0.2, 0.25) is 0 Å². The third-order valence-electron chi connectivity index (χ3n) is 3.07. The SMILES string of the molecule is O=C(NCC1(O)CCC1)c1cc(Cl)ccc1O. The van der Waals surface area contributed by atoms with Gasteiger partial charge in [0.1, 0.15) is 5.75 Å². The van der Waals surface area contributed by atoms with E-state index in [1.54, 1.807) is 0 Å². The first kappa shape index (κ1) is 12.2. The minimum absolute atomic E-state index is 0.118. The van der Waals surface area contributed by atoms with Gasteiger partial charge < -0.3 is 15.5 Å². The third kappa shape index (κ3) is 2.70. The molecule has 0 radical (unpaired) electrons. The summed E-state index contributed by atoms with van der Waals surface area (Å²) in [6, 6.07) is 4.28. The molecule has 0 heterocycles. The summed E-state index contributed by atoms with van der Waals surface area (Å²) in [5.41, 5.74) is -0.649. The number of halogens is 1.